The number of nitrogens with zero attached hydrogens (tertiary/aromatic N) is 4. The van der Waals surface area contributed by atoms with Gasteiger partial charge < -0.3 is 14.7 Å². The maximum Gasteiger partial charge on any atom is 0.318 e. The van der Waals surface area contributed by atoms with Crippen molar-refractivity contribution >= 4 is 6.03 Å². The quantitative estimate of drug-likeness (QED) is 0.899. The molecule has 1 atom stereocenters. The first kappa shape index (κ1) is 16.5. The average Bonchev–Trinajstić information content (AvgIpc) is 3.02. The van der Waals surface area contributed by atoms with Crippen molar-refractivity contribution in [3.05, 3.63) is 28.7 Å². The van der Waals surface area contributed by atoms with Crippen LogP contribution in [0.5, 0.6) is 0 Å². The fourth-order valence-electron chi connectivity index (χ4n) is 3.37. The van der Waals surface area contributed by atoms with Crippen molar-refractivity contribution < 1.29 is 9.32 Å². The van der Waals surface area contributed by atoms with Crippen molar-refractivity contribution in [2.75, 3.05) is 6.54 Å². The lowest BCUT2D eigenvalue weighted by Crippen LogP contribution is -2.42. The topological polar surface area (TPSA) is 99.9 Å². The summed E-state index contributed by atoms with van der Waals surface area (Å²) >= 11 is 0. The van der Waals surface area contributed by atoms with Gasteiger partial charge in [-0.05, 0) is 33.6 Å². The normalized spacial score (nSPS) is 18.5. The molecule has 3 heterocycles. The number of H-pyrrole nitrogens is 1. The van der Waals surface area contributed by atoms with E-state index in [4.69, 9.17) is 4.52 Å². The summed E-state index contributed by atoms with van der Waals surface area (Å²) < 4.78 is 5.05. The first-order valence-electron chi connectivity index (χ1n) is 8.41. The zero-order chi connectivity index (χ0) is 17.1. The van der Waals surface area contributed by atoms with Gasteiger partial charge in [-0.2, -0.15) is 10.1 Å². The van der Waals surface area contributed by atoms with E-state index in [1.54, 1.807) is 6.92 Å². The molecule has 2 amide bonds. The number of urea groups is 1. The third-order valence-corrected chi connectivity index (χ3v) is 4.49. The number of carbonyl (C=O) groups is 1. The van der Waals surface area contributed by atoms with Gasteiger partial charge >= 0.3 is 6.03 Å². The van der Waals surface area contributed by atoms with Crippen LogP contribution < -0.4 is 5.32 Å². The van der Waals surface area contributed by atoms with Gasteiger partial charge in [0.15, 0.2) is 5.82 Å². The molecule has 1 aliphatic heterocycles. The molecule has 24 heavy (non-hydrogen) atoms. The van der Waals surface area contributed by atoms with E-state index >= 15 is 0 Å². The third kappa shape index (κ3) is 3.42. The molecule has 0 bridgehead atoms. The van der Waals surface area contributed by atoms with Crippen molar-refractivity contribution in [1.29, 1.82) is 0 Å². The molecule has 3 rings (SSSR count). The third-order valence-electron chi connectivity index (χ3n) is 4.49. The van der Waals surface area contributed by atoms with Gasteiger partial charge in [0, 0.05) is 17.8 Å². The zero-order valence-corrected chi connectivity index (χ0v) is 14.4. The Bertz CT molecular complexity index is 688. The van der Waals surface area contributed by atoms with Crippen LogP contribution in [0.1, 0.15) is 60.4 Å². The molecular formula is C16H24N6O2. The second-order valence-corrected chi connectivity index (χ2v) is 6.30. The molecule has 1 fully saturated rings. The second-order valence-electron chi connectivity index (χ2n) is 6.30. The van der Waals surface area contributed by atoms with Crippen LogP contribution in [0.25, 0.3) is 0 Å². The lowest BCUT2D eigenvalue weighted by atomic mass is 9.99. The van der Waals surface area contributed by atoms with Crippen molar-refractivity contribution in [2.24, 2.45) is 0 Å². The Labute approximate surface area is 141 Å². The van der Waals surface area contributed by atoms with Crippen LogP contribution in [-0.2, 0) is 6.54 Å². The van der Waals surface area contributed by atoms with E-state index in [1.165, 1.54) is 0 Å². The number of likely N-dealkylation sites (tertiary alicyclic amines) is 1. The predicted octanol–water partition coefficient (Wildman–Crippen LogP) is 2.54. The smallest absolute Gasteiger partial charge is 0.318 e. The Morgan fingerprint density at radius 3 is 2.83 bits per heavy atom. The van der Waals surface area contributed by atoms with Gasteiger partial charge in [-0.25, -0.2) is 4.79 Å². The number of rotatable bonds is 3. The molecule has 0 aromatic carbocycles. The SMILES string of the molecule is Cc1noc(CNC(=O)N2CCCCC[C@@H]2c2c(C)n[nH]c2C)n1. The van der Waals surface area contributed by atoms with Gasteiger partial charge in [0.05, 0.1) is 18.3 Å². The minimum atomic E-state index is -0.0993. The summed E-state index contributed by atoms with van der Waals surface area (Å²) in [5.41, 5.74) is 3.13. The molecule has 8 heteroatoms. The van der Waals surface area contributed by atoms with Gasteiger partial charge in [0.25, 0.3) is 0 Å². The largest absolute Gasteiger partial charge is 0.337 e. The minimum Gasteiger partial charge on any atom is -0.337 e. The molecule has 0 aliphatic carbocycles. The lowest BCUT2D eigenvalue weighted by Gasteiger charge is -2.30. The van der Waals surface area contributed by atoms with E-state index in [1.807, 2.05) is 18.7 Å². The molecule has 2 aromatic rings. The Balaban J connectivity index is 1.75. The van der Waals surface area contributed by atoms with Gasteiger partial charge in [0.2, 0.25) is 5.89 Å². The molecule has 0 saturated carbocycles. The Kier molecular flexibility index (Phi) is 4.82. The fourth-order valence-corrected chi connectivity index (χ4v) is 3.37. The maximum atomic E-state index is 12.8. The van der Waals surface area contributed by atoms with Crippen LogP contribution in [-0.4, -0.2) is 37.8 Å². The Morgan fingerprint density at radius 1 is 1.33 bits per heavy atom. The van der Waals surface area contributed by atoms with Gasteiger partial charge in [-0.1, -0.05) is 18.0 Å². The number of hydrogen-bond acceptors (Lipinski definition) is 5. The highest BCUT2D eigenvalue weighted by Crippen LogP contribution is 2.33. The van der Waals surface area contributed by atoms with Crippen molar-refractivity contribution in [1.82, 2.24) is 30.6 Å². The van der Waals surface area contributed by atoms with Crippen LogP contribution >= 0.6 is 0 Å². The Hall–Kier alpha value is -2.38. The predicted molar refractivity (Wildman–Crippen MR) is 87.2 cm³/mol. The van der Waals surface area contributed by atoms with Crippen molar-refractivity contribution in [3.8, 4) is 0 Å². The molecule has 0 unspecified atom stereocenters. The lowest BCUT2D eigenvalue weighted by molar-refractivity contribution is 0.173. The number of amides is 2. The highest BCUT2D eigenvalue weighted by atomic mass is 16.5. The van der Waals surface area contributed by atoms with Crippen molar-refractivity contribution in [2.45, 2.75) is 59.0 Å². The highest BCUT2D eigenvalue weighted by Gasteiger charge is 2.30. The molecule has 2 N–H and O–H groups in total. The number of hydrogen-bond donors (Lipinski definition) is 2. The summed E-state index contributed by atoms with van der Waals surface area (Å²) in [7, 11) is 0. The van der Waals surface area contributed by atoms with E-state index < -0.39 is 0 Å². The highest BCUT2D eigenvalue weighted by molar-refractivity contribution is 5.74. The average molecular weight is 332 g/mol. The number of carbonyl (C=O) groups excluding carboxylic acids is 1. The first-order valence-corrected chi connectivity index (χ1v) is 8.41. The number of aryl methyl sites for hydroxylation is 3. The van der Waals surface area contributed by atoms with Crippen molar-refractivity contribution in [3.63, 3.8) is 0 Å². The second kappa shape index (κ2) is 7.02. The molecule has 1 aliphatic rings. The van der Waals surface area contributed by atoms with E-state index in [-0.39, 0.29) is 18.6 Å². The van der Waals surface area contributed by atoms with Crippen LogP contribution in [0.2, 0.25) is 0 Å². The van der Waals surface area contributed by atoms with Gasteiger partial charge in [-0.15, -0.1) is 0 Å². The van der Waals surface area contributed by atoms with Crippen LogP contribution in [0.3, 0.4) is 0 Å². The summed E-state index contributed by atoms with van der Waals surface area (Å²) in [5.74, 6) is 0.986. The zero-order valence-electron chi connectivity index (χ0n) is 14.4. The monoisotopic (exact) mass is 332 g/mol. The number of nitrogens with one attached hydrogen (secondary N) is 2. The summed E-state index contributed by atoms with van der Waals surface area (Å²) in [4.78, 5) is 18.8. The molecule has 1 saturated heterocycles. The summed E-state index contributed by atoms with van der Waals surface area (Å²) in [5, 5.41) is 14.0. The minimum absolute atomic E-state index is 0.0515. The Morgan fingerprint density at radius 2 is 2.17 bits per heavy atom. The van der Waals surface area contributed by atoms with E-state index in [0.717, 1.165) is 49.2 Å². The molecular weight excluding hydrogens is 308 g/mol. The molecule has 130 valence electrons. The van der Waals surface area contributed by atoms with E-state index in [2.05, 4.69) is 25.7 Å². The van der Waals surface area contributed by atoms with Crippen LogP contribution in [0.4, 0.5) is 4.79 Å². The molecule has 0 radical (unpaired) electrons. The maximum absolute atomic E-state index is 12.8. The standard InChI is InChI=1S/C16H24N6O2/c1-10-15(11(2)20-19-10)13-7-5-4-6-8-22(13)16(23)17-9-14-18-12(3)21-24-14/h13H,4-9H2,1-3H3,(H,17,23)(H,19,20)/t13-/m1/s1. The van der Waals surface area contributed by atoms with Gasteiger partial charge in [0.1, 0.15) is 0 Å². The summed E-state index contributed by atoms with van der Waals surface area (Å²) in [6, 6.07) is -0.0478. The van der Waals surface area contributed by atoms with Crippen LogP contribution in [0, 0.1) is 20.8 Å². The fraction of sp³-hybridized carbons (Fsp3) is 0.625. The van der Waals surface area contributed by atoms with E-state index in [9.17, 15) is 4.79 Å². The summed E-state index contributed by atoms with van der Waals surface area (Å²) in [6.45, 7) is 6.73. The summed E-state index contributed by atoms with van der Waals surface area (Å²) in [6.07, 6.45) is 4.22. The number of aromatic amines is 1. The molecule has 2 aromatic heterocycles. The molecule has 0 spiro atoms. The van der Waals surface area contributed by atoms with E-state index in [0.29, 0.717) is 11.7 Å². The first-order chi connectivity index (χ1) is 11.6. The number of aromatic nitrogens is 4. The van der Waals surface area contributed by atoms with Gasteiger partial charge in [-0.3, -0.25) is 5.10 Å². The van der Waals surface area contributed by atoms with Crippen LogP contribution in [0.15, 0.2) is 4.52 Å². The molecule has 8 nitrogen and oxygen atoms in total.